The second-order valence-corrected chi connectivity index (χ2v) is 7.06. The zero-order valence-electron chi connectivity index (χ0n) is 10.7. The summed E-state index contributed by atoms with van der Waals surface area (Å²) in [6.07, 6.45) is 0. The summed E-state index contributed by atoms with van der Waals surface area (Å²) in [6, 6.07) is 0. The minimum absolute atomic E-state index is 0. The third-order valence-corrected chi connectivity index (χ3v) is 3.60. The van der Waals surface area contributed by atoms with E-state index < -0.39 is 36.4 Å². The van der Waals surface area contributed by atoms with Crippen molar-refractivity contribution in [3.8, 4) is 0 Å². The second-order valence-electron chi connectivity index (χ2n) is 2.18. The summed E-state index contributed by atoms with van der Waals surface area (Å²) in [5.41, 5.74) is 0. The maximum atomic E-state index is 9.32. The van der Waals surface area contributed by atoms with Crippen LogP contribution >= 0.6 is 31.3 Å². The fourth-order valence-corrected chi connectivity index (χ4v) is 2.20. The molecule has 0 bridgehead atoms. The molecule has 0 heterocycles. The standard InChI is InChI=1S/Cu.2K.NO3.H3N.2H4O7P2.H2O.2H/c;;;2-1(3)4;;2*1-8(2,3)7-9(4,5)6;;;/h;;;;1H3;2*(H2,1,2,3)(H2,4,5,6);1H2;;/q;;;-1;;;;;;/p-8. The van der Waals surface area contributed by atoms with Crippen molar-refractivity contribution >= 4 is 134 Å². The normalized spacial score (nSPS) is 10.1. The van der Waals surface area contributed by atoms with E-state index in [1.807, 2.05) is 0 Å². The topological polar surface area (TPSA) is 404 Å². The monoisotopic (exact) mass is 588 g/mol. The van der Waals surface area contributed by atoms with Crippen molar-refractivity contribution in [2.45, 2.75) is 0 Å². The van der Waals surface area contributed by atoms with Crippen LogP contribution in [0.5, 0.6) is 0 Å². The summed E-state index contributed by atoms with van der Waals surface area (Å²) in [5, 5.41) is 14.8. The second kappa shape index (κ2) is 22.6. The molecular formula is H7CuK2N2O18P4-9. The van der Waals surface area contributed by atoms with E-state index in [9.17, 15) is 57.4 Å². The van der Waals surface area contributed by atoms with Crippen LogP contribution in [-0.4, -0.2) is 113 Å². The number of nitrogens with zero attached hydrogens (tertiary/aromatic N) is 1. The molecule has 0 aliphatic heterocycles. The molecular weight excluding hydrogens is 582 g/mol. The van der Waals surface area contributed by atoms with E-state index in [4.69, 9.17) is 15.3 Å². The van der Waals surface area contributed by atoms with Gasteiger partial charge in [0.1, 0.15) is 0 Å². The first-order valence-corrected chi connectivity index (χ1v) is 9.31. The maximum absolute atomic E-state index is 9.32. The molecule has 0 amide bonds. The summed E-state index contributed by atoms with van der Waals surface area (Å²) < 4.78 is 42.3. The van der Waals surface area contributed by atoms with Crippen LogP contribution in [0.1, 0.15) is 0 Å². The van der Waals surface area contributed by atoms with Crippen molar-refractivity contribution in [3.05, 3.63) is 15.3 Å². The number of hydrogen-bond acceptors (Lipinski definition) is 18. The molecule has 167 valence electrons. The van der Waals surface area contributed by atoms with Gasteiger partial charge in [0.05, 0.1) is 36.4 Å². The van der Waals surface area contributed by atoms with Gasteiger partial charge in [-0.2, -0.15) is 0 Å². The molecule has 0 spiro atoms. The van der Waals surface area contributed by atoms with Crippen LogP contribution in [0.3, 0.4) is 0 Å². The summed E-state index contributed by atoms with van der Waals surface area (Å²) >= 11 is 0. The average Bonchev–Trinajstić information content (AvgIpc) is 1.84. The third kappa shape index (κ3) is 93.0. The van der Waals surface area contributed by atoms with Gasteiger partial charge in [0.15, 0.2) is 0 Å². The molecule has 0 aliphatic carbocycles. The van der Waals surface area contributed by atoms with Crippen molar-refractivity contribution < 1.29 is 93.7 Å². The SMILES string of the molecule is N.O.O=P([O-])([O-])OP(=O)([O-])[O-].O=P([O-])([O-])OP(=O)([O-])[O-].O=[N+]([O-])[O-].[Cu].[KH].[KH]. The van der Waals surface area contributed by atoms with Gasteiger partial charge in [0.25, 0.3) is 0 Å². The Morgan fingerprint density at radius 2 is 0.667 bits per heavy atom. The van der Waals surface area contributed by atoms with E-state index in [0.717, 1.165) is 0 Å². The quantitative estimate of drug-likeness (QED) is 0.138. The molecule has 27 heavy (non-hydrogen) atoms. The van der Waals surface area contributed by atoms with Gasteiger partial charge in [0, 0.05) is 17.1 Å². The first-order chi connectivity index (χ1) is 9.15. The zero-order valence-corrected chi connectivity index (χ0v) is 15.2. The van der Waals surface area contributed by atoms with Crippen molar-refractivity contribution in [2.24, 2.45) is 0 Å². The first-order valence-electron chi connectivity index (χ1n) is 3.47. The summed E-state index contributed by atoms with van der Waals surface area (Å²) in [7, 11) is -22.7. The van der Waals surface area contributed by atoms with Crippen molar-refractivity contribution in [1.29, 1.82) is 0 Å². The van der Waals surface area contributed by atoms with Crippen LogP contribution in [0.4, 0.5) is 0 Å². The van der Waals surface area contributed by atoms with E-state index in [2.05, 4.69) is 8.62 Å². The molecule has 0 saturated heterocycles. The van der Waals surface area contributed by atoms with Crippen LogP contribution in [0, 0.1) is 15.3 Å². The summed E-state index contributed by atoms with van der Waals surface area (Å²) in [4.78, 5) is 82.8. The molecule has 0 aromatic rings. The molecule has 0 aromatic carbocycles. The third-order valence-electron chi connectivity index (χ3n) is 0.400. The summed E-state index contributed by atoms with van der Waals surface area (Å²) in [6.45, 7) is 0. The Hall–Kier alpha value is 3.43. The molecule has 0 saturated carbocycles. The minimum atomic E-state index is -5.68. The van der Waals surface area contributed by atoms with Crippen molar-refractivity contribution in [1.82, 2.24) is 6.15 Å². The van der Waals surface area contributed by atoms with Gasteiger partial charge in [-0.25, -0.2) is 0 Å². The Kier molecular flexibility index (Phi) is 43.9. The molecule has 27 heteroatoms. The zero-order chi connectivity index (χ0) is 19.0. The Morgan fingerprint density at radius 3 is 0.667 bits per heavy atom. The molecule has 20 nitrogen and oxygen atoms in total. The molecule has 0 aromatic heterocycles. The van der Waals surface area contributed by atoms with Crippen molar-refractivity contribution in [2.75, 3.05) is 0 Å². The van der Waals surface area contributed by atoms with Crippen LogP contribution in [0.25, 0.3) is 0 Å². The van der Waals surface area contributed by atoms with E-state index in [0.29, 0.717) is 0 Å². The summed E-state index contributed by atoms with van der Waals surface area (Å²) in [5.74, 6) is 0. The van der Waals surface area contributed by atoms with Gasteiger partial charge < -0.3 is 93.0 Å². The average molecular weight is 589 g/mol. The van der Waals surface area contributed by atoms with Crippen molar-refractivity contribution in [3.63, 3.8) is 0 Å². The van der Waals surface area contributed by atoms with E-state index in [-0.39, 0.29) is 131 Å². The van der Waals surface area contributed by atoms with E-state index in [1.54, 1.807) is 0 Å². The number of phosphoric acid groups is 4. The van der Waals surface area contributed by atoms with Gasteiger partial charge >= 0.3 is 103 Å². The van der Waals surface area contributed by atoms with Crippen LogP contribution in [0.15, 0.2) is 0 Å². The molecule has 0 atom stereocenters. The Labute approximate surface area is 245 Å². The molecule has 0 rings (SSSR count). The van der Waals surface area contributed by atoms with Gasteiger partial charge in [-0.15, -0.1) is 0 Å². The van der Waals surface area contributed by atoms with Crippen LogP contribution in [-0.2, 0) is 44.0 Å². The van der Waals surface area contributed by atoms with Gasteiger partial charge in [-0.1, -0.05) is 0 Å². The fraction of sp³-hybridized carbons (Fsp3) is 0. The Bertz CT molecular complexity index is 439. The predicted molar refractivity (Wildman–Crippen MR) is 65.9 cm³/mol. The van der Waals surface area contributed by atoms with Gasteiger partial charge in [0.2, 0.25) is 0 Å². The van der Waals surface area contributed by atoms with Gasteiger partial charge in [-0.3, -0.25) is 0 Å². The van der Waals surface area contributed by atoms with E-state index >= 15 is 0 Å². The Balaban J connectivity index is -0.0000000323. The van der Waals surface area contributed by atoms with Gasteiger partial charge in [-0.05, 0) is 0 Å². The van der Waals surface area contributed by atoms with E-state index in [1.165, 1.54) is 0 Å². The number of hydrogen-bond donors (Lipinski definition) is 1. The van der Waals surface area contributed by atoms with Crippen LogP contribution < -0.4 is 45.3 Å². The van der Waals surface area contributed by atoms with Crippen LogP contribution in [0.2, 0.25) is 0 Å². The molecule has 5 N–H and O–H groups in total. The molecule has 1 radical (unpaired) electrons. The molecule has 0 aliphatic rings. The fourth-order valence-electron chi connectivity index (χ4n) is 0.245. The Morgan fingerprint density at radius 1 is 0.593 bits per heavy atom. The first kappa shape index (κ1) is 52.4. The number of rotatable bonds is 4. The predicted octanol–water partition coefficient (Wildman–Crippen LogP) is -8.88. The molecule has 0 unspecified atom stereocenters. The molecule has 0 fully saturated rings.